The number of ether oxygens (including phenoxy) is 2. The van der Waals surface area contributed by atoms with Crippen LogP contribution in [0.25, 0.3) is 10.4 Å². The van der Waals surface area contributed by atoms with Crippen molar-refractivity contribution in [3.8, 4) is 16.2 Å². The molecule has 1 aliphatic rings. The molecule has 1 amide bonds. The van der Waals surface area contributed by atoms with E-state index in [1.54, 1.807) is 7.11 Å². The average Bonchev–Trinajstić information content (AvgIpc) is 3.06. The number of rotatable bonds is 5. The van der Waals surface area contributed by atoms with Crippen molar-refractivity contribution in [3.63, 3.8) is 0 Å². The summed E-state index contributed by atoms with van der Waals surface area (Å²) >= 11 is 1.46. The molecule has 0 radical (unpaired) electrons. The van der Waals surface area contributed by atoms with Gasteiger partial charge in [-0.25, -0.2) is 0 Å². The lowest BCUT2D eigenvalue weighted by Gasteiger charge is -2.22. The fourth-order valence-electron chi connectivity index (χ4n) is 2.71. The molecular formula is C18H21NO3S. The maximum absolute atomic E-state index is 12.5. The van der Waals surface area contributed by atoms with Gasteiger partial charge in [0.2, 0.25) is 0 Å². The SMILES string of the molecule is COc1cc(-c2ccccc2)sc1C(=O)NCC1CCCOC1. The molecule has 0 aliphatic carbocycles. The Labute approximate surface area is 140 Å². The van der Waals surface area contributed by atoms with E-state index in [1.807, 2.05) is 36.4 Å². The van der Waals surface area contributed by atoms with Gasteiger partial charge in [0.25, 0.3) is 5.91 Å². The van der Waals surface area contributed by atoms with Gasteiger partial charge in [0.15, 0.2) is 0 Å². The van der Waals surface area contributed by atoms with Crippen LogP contribution in [-0.4, -0.2) is 32.8 Å². The second kappa shape index (κ2) is 7.62. The molecule has 1 atom stereocenters. The van der Waals surface area contributed by atoms with E-state index in [1.165, 1.54) is 11.3 Å². The molecular weight excluding hydrogens is 310 g/mol. The van der Waals surface area contributed by atoms with E-state index in [2.05, 4.69) is 5.32 Å². The van der Waals surface area contributed by atoms with Crippen LogP contribution in [-0.2, 0) is 4.74 Å². The zero-order valence-corrected chi connectivity index (χ0v) is 14.0. The highest BCUT2D eigenvalue weighted by Gasteiger charge is 2.20. The summed E-state index contributed by atoms with van der Waals surface area (Å²) in [4.78, 5) is 14.2. The third-order valence-corrected chi connectivity index (χ3v) is 5.15. The second-order valence-electron chi connectivity index (χ2n) is 5.67. The molecule has 5 heteroatoms. The molecule has 1 aromatic heterocycles. The molecule has 23 heavy (non-hydrogen) atoms. The lowest BCUT2D eigenvalue weighted by molar-refractivity contribution is 0.0536. The highest BCUT2D eigenvalue weighted by atomic mass is 32.1. The smallest absolute Gasteiger partial charge is 0.265 e. The Morgan fingerprint density at radius 3 is 2.91 bits per heavy atom. The van der Waals surface area contributed by atoms with Crippen LogP contribution in [0.3, 0.4) is 0 Å². The maximum atomic E-state index is 12.5. The van der Waals surface area contributed by atoms with Crippen LogP contribution in [0.1, 0.15) is 22.5 Å². The summed E-state index contributed by atoms with van der Waals surface area (Å²) in [5, 5.41) is 3.02. The van der Waals surface area contributed by atoms with Gasteiger partial charge in [-0.2, -0.15) is 0 Å². The molecule has 1 N–H and O–H groups in total. The summed E-state index contributed by atoms with van der Waals surface area (Å²) in [6, 6.07) is 12.0. The van der Waals surface area contributed by atoms with Gasteiger partial charge in [0, 0.05) is 18.0 Å². The Hall–Kier alpha value is -1.85. The molecule has 1 aliphatic heterocycles. The maximum Gasteiger partial charge on any atom is 0.265 e. The number of hydrogen-bond donors (Lipinski definition) is 1. The first-order chi connectivity index (χ1) is 11.3. The minimum Gasteiger partial charge on any atom is -0.495 e. The zero-order chi connectivity index (χ0) is 16.1. The molecule has 1 aromatic carbocycles. The largest absolute Gasteiger partial charge is 0.495 e. The summed E-state index contributed by atoms with van der Waals surface area (Å²) in [5.74, 6) is 0.970. The number of nitrogens with one attached hydrogen (secondary N) is 1. The van der Waals surface area contributed by atoms with Gasteiger partial charge in [0.05, 0.1) is 13.7 Å². The Morgan fingerprint density at radius 2 is 2.22 bits per heavy atom. The van der Waals surface area contributed by atoms with E-state index < -0.39 is 0 Å². The van der Waals surface area contributed by atoms with Crippen molar-refractivity contribution in [1.82, 2.24) is 5.32 Å². The first-order valence-electron chi connectivity index (χ1n) is 7.87. The standard InChI is InChI=1S/C18H21NO3S/c1-21-15-10-16(14-7-3-2-4-8-14)23-17(15)18(20)19-11-13-6-5-9-22-12-13/h2-4,7-8,10,13H,5-6,9,11-12H2,1H3,(H,19,20). The van der Waals surface area contributed by atoms with Crippen molar-refractivity contribution >= 4 is 17.2 Å². The second-order valence-corrected chi connectivity index (χ2v) is 6.72. The lowest BCUT2D eigenvalue weighted by Crippen LogP contribution is -2.33. The molecule has 4 nitrogen and oxygen atoms in total. The summed E-state index contributed by atoms with van der Waals surface area (Å²) in [7, 11) is 1.60. The number of thiophene rings is 1. The molecule has 2 aromatic rings. The first-order valence-corrected chi connectivity index (χ1v) is 8.68. The molecule has 1 saturated heterocycles. The van der Waals surface area contributed by atoms with Crippen LogP contribution in [0, 0.1) is 5.92 Å². The molecule has 2 heterocycles. The van der Waals surface area contributed by atoms with Crippen LogP contribution in [0.5, 0.6) is 5.75 Å². The minimum absolute atomic E-state index is 0.0698. The van der Waals surface area contributed by atoms with Gasteiger partial charge in [-0.05, 0) is 30.4 Å². The van der Waals surface area contributed by atoms with E-state index in [0.29, 0.717) is 23.1 Å². The van der Waals surface area contributed by atoms with E-state index in [4.69, 9.17) is 9.47 Å². The summed E-state index contributed by atoms with van der Waals surface area (Å²) in [6.45, 7) is 2.22. The van der Waals surface area contributed by atoms with Gasteiger partial charge in [0.1, 0.15) is 10.6 Å². The quantitative estimate of drug-likeness (QED) is 0.911. The number of benzene rings is 1. The fraction of sp³-hybridized carbons (Fsp3) is 0.389. The van der Waals surface area contributed by atoms with E-state index >= 15 is 0 Å². The zero-order valence-electron chi connectivity index (χ0n) is 13.2. The van der Waals surface area contributed by atoms with Crippen molar-refractivity contribution in [1.29, 1.82) is 0 Å². The monoisotopic (exact) mass is 331 g/mol. The van der Waals surface area contributed by atoms with E-state index in [9.17, 15) is 4.79 Å². The third-order valence-electron chi connectivity index (χ3n) is 3.99. The van der Waals surface area contributed by atoms with Crippen LogP contribution < -0.4 is 10.1 Å². The van der Waals surface area contributed by atoms with Crippen LogP contribution in [0.2, 0.25) is 0 Å². The van der Waals surface area contributed by atoms with Crippen molar-refractivity contribution in [2.45, 2.75) is 12.8 Å². The number of amides is 1. The normalized spacial score (nSPS) is 17.7. The predicted octanol–water partition coefficient (Wildman–Crippen LogP) is 3.58. The molecule has 1 unspecified atom stereocenters. The molecule has 0 spiro atoms. The number of methoxy groups -OCH3 is 1. The molecule has 1 fully saturated rings. The van der Waals surface area contributed by atoms with Crippen molar-refractivity contribution in [3.05, 3.63) is 41.3 Å². The minimum atomic E-state index is -0.0698. The van der Waals surface area contributed by atoms with Gasteiger partial charge in [-0.15, -0.1) is 11.3 Å². The molecule has 122 valence electrons. The Bertz CT molecular complexity index is 648. The van der Waals surface area contributed by atoms with Crippen LogP contribution >= 0.6 is 11.3 Å². The van der Waals surface area contributed by atoms with E-state index in [0.717, 1.165) is 36.5 Å². The van der Waals surface area contributed by atoms with Gasteiger partial charge in [-0.1, -0.05) is 30.3 Å². The van der Waals surface area contributed by atoms with E-state index in [-0.39, 0.29) is 5.91 Å². The number of hydrogen-bond acceptors (Lipinski definition) is 4. The number of carbonyl (C=O) groups excluding carboxylic acids is 1. The third kappa shape index (κ3) is 3.92. The average molecular weight is 331 g/mol. The van der Waals surface area contributed by atoms with Crippen LogP contribution in [0.4, 0.5) is 0 Å². The molecule has 3 rings (SSSR count). The Balaban J connectivity index is 1.70. The fourth-order valence-corrected chi connectivity index (χ4v) is 3.76. The van der Waals surface area contributed by atoms with Crippen LogP contribution in [0.15, 0.2) is 36.4 Å². The van der Waals surface area contributed by atoms with Gasteiger partial charge in [-0.3, -0.25) is 4.79 Å². The highest BCUT2D eigenvalue weighted by Crippen LogP contribution is 2.36. The molecule has 0 saturated carbocycles. The topological polar surface area (TPSA) is 47.6 Å². The van der Waals surface area contributed by atoms with Gasteiger partial charge >= 0.3 is 0 Å². The van der Waals surface area contributed by atoms with Gasteiger partial charge < -0.3 is 14.8 Å². The Morgan fingerprint density at radius 1 is 1.39 bits per heavy atom. The Kier molecular flexibility index (Phi) is 5.31. The summed E-state index contributed by atoms with van der Waals surface area (Å²) in [6.07, 6.45) is 2.18. The first kappa shape index (κ1) is 16.0. The van der Waals surface area contributed by atoms with Crippen molar-refractivity contribution < 1.29 is 14.3 Å². The summed E-state index contributed by atoms with van der Waals surface area (Å²) < 4.78 is 10.8. The predicted molar refractivity (Wildman–Crippen MR) is 92.2 cm³/mol. The highest BCUT2D eigenvalue weighted by molar-refractivity contribution is 7.17. The lowest BCUT2D eigenvalue weighted by atomic mass is 10.0. The van der Waals surface area contributed by atoms with Crippen molar-refractivity contribution in [2.75, 3.05) is 26.9 Å². The number of carbonyl (C=O) groups is 1. The van der Waals surface area contributed by atoms with Crippen molar-refractivity contribution in [2.24, 2.45) is 5.92 Å². The molecule has 0 bridgehead atoms. The summed E-state index contributed by atoms with van der Waals surface area (Å²) in [5.41, 5.74) is 1.09.